The average molecular weight is 364 g/mol. The summed E-state index contributed by atoms with van der Waals surface area (Å²) in [5.41, 5.74) is 0.686. The highest BCUT2D eigenvalue weighted by Crippen LogP contribution is 2.22. The van der Waals surface area contributed by atoms with Crippen molar-refractivity contribution < 1.29 is 19.0 Å². The minimum absolute atomic E-state index is 0.0896. The van der Waals surface area contributed by atoms with E-state index in [-0.39, 0.29) is 12.5 Å². The molecular formula is C21H20N2O4. The number of anilines is 1. The minimum Gasteiger partial charge on any atom is -0.494 e. The van der Waals surface area contributed by atoms with Gasteiger partial charge in [0.25, 0.3) is 5.91 Å². The lowest BCUT2D eigenvalue weighted by molar-refractivity contribution is -0.118. The SMILES string of the molecule is CCOc1ccc(NC(=O)COc2ccc(Oc3ccccn3)cc2)cc1. The lowest BCUT2D eigenvalue weighted by atomic mass is 10.3. The second-order valence-corrected chi connectivity index (χ2v) is 5.54. The molecule has 0 aliphatic carbocycles. The lowest BCUT2D eigenvalue weighted by Crippen LogP contribution is -2.20. The van der Waals surface area contributed by atoms with Crippen molar-refractivity contribution in [2.75, 3.05) is 18.5 Å². The van der Waals surface area contributed by atoms with Crippen molar-refractivity contribution in [1.82, 2.24) is 4.98 Å². The van der Waals surface area contributed by atoms with Gasteiger partial charge in [0.05, 0.1) is 6.61 Å². The highest BCUT2D eigenvalue weighted by molar-refractivity contribution is 5.91. The van der Waals surface area contributed by atoms with Crippen LogP contribution in [0.2, 0.25) is 0 Å². The van der Waals surface area contributed by atoms with Crippen LogP contribution >= 0.6 is 0 Å². The van der Waals surface area contributed by atoms with E-state index in [0.29, 0.717) is 29.7 Å². The van der Waals surface area contributed by atoms with E-state index in [9.17, 15) is 4.79 Å². The fraction of sp³-hybridized carbons (Fsp3) is 0.143. The summed E-state index contributed by atoms with van der Waals surface area (Å²) in [6.07, 6.45) is 1.66. The molecule has 3 aromatic rings. The molecule has 0 saturated carbocycles. The lowest BCUT2D eigenvalue weighted by Gasteiger charge is -2.09. The maximum atomic E-state index is 12.0. The molecule has 0 fully saturated rings. The number of amides is 1. The number of carbonyl (C=O) groups excluding carboxylic acids is 1. The number of hydrogen-bond acceptors (Lipinski definition) is 5. The van der Waals surface area contributed by atoms with Gasteiger partial charge in [0.2, 0.25) is 5.88 Å². The van der Waals surface area contributed by atoms with E-state index in [1.54, 1.807) is 60.8 Å². The molecule has 0 radical (unpaired) electrons. The molecule has 138 valence electrons. The van der Waals surface area contributed by atoms with Crippen molar-refractivity contribution in [2.45, 2.75) is 6.92 Å². The van der Waals surface area contributed by atoms with Crippen molar-refractivity contribution in [3.8, 4) is 23.1 Å². The predicted octanol–water partition coefficient (Wildman–Crippen LogP) is 4.29. The van der Waals surface area contributed by atoms with Gasteiger partial charge in [-0.05, 0) is 61.5 Å². The molecule has 6 nitrogen and oxygen atoms in total. The quantitative estimate of drug-likeness (QED) is 0.646. The van der Waals surface area contributed by atoms with Gasteiger partial charge >= 0.3 is 0 Å². The van der Waals surface area contributed by atoms with Gasteiger partial charge in [-0.3, -0.25) is 4.79 Å². The number of hydrogen-bond donors (Lipinski definition) is 1. The Balaban J connectivity index is 1.47. The molecule has 0 spiro atoms. The first-order valence-electron chi connectivity index (χ1n) is 8.57. The molecule has 0 aliphatic rings. The van der Waals surface area contributed by atoms with E-state index in [1.165, 1.54) is 0 Å². The van der Waals surface area contributed by atoms with Gasteiger partial charge in [-0.25, -0.2) is 4.98 Å². The molecular weight excluding hydrogens is 344 g/mol. The Morgan fingerprint density at radius 3 is 2.22 bits per heavy atom. The van der Waals surface area contributed by atoms with Crippen LogP contribution in [-0.4, -0.2) is 24.1 Å². The summed E-state index contributed by atoms with van der Waals surface area (Å²) in [6.45, 7) is 2.43. The van der Waals surface area contributed by atoms with Crippen LogP contribution in [0, 0.1) is 0 Å². The summed E-state index contributed by atoms with van der Waals surface area (Å²) < 4.78 is 16.5. The normalized spacial score (nSPS) is 10.1. The minimum atomic E-state index is -0.243. The maximum absolute atomic E-state index is 12.0. The first-order chi connectivity index (χ1) is 13.2. The molecule has 27 heavy (non-hydrogen) atoms. The maximum Gasteiger partial charge on any atom is 0.262 e. The third-order valence-corrected chi connectivity index (χ3v) is 3.50. The van der Waals surface area contributed by atoms with E-state index >= 15 is 0 Å². The van der Waals surface area contributed by atoms with Crippen LogP contribution in [0.1, 0.15) is 6.92 Å². The Bertz CT molecular complexity index is 850. The van der Waals surface area contributed by atoms with Crippen LogP contribution in [0.4, 0.5) is 5.69 Å². The molecule has 0 unspecified atom stereocenters. The number of rotatable bonds is 8. The average Bonchev–Trinajstić information content (AvgIpc) is 2.70. The van der Waals surface area contributed by atoms with Crippen molar-refractivity contribution in [3.05, 3.63) is 72.9 Å². The standard InChI is InChI=1S/C21H20N2O4/c1-2-25-17-8-6-16(7-9-17)23-20(24)15-26-18-10-12-19(13-11-18)27-21-5-3-4-14-22-21/h3-14H,2,15H2,1H3,(H,23,24). The first kappa shape index (κ1) is 18.3. The molecule has 1 aromatic heterocycles. The van der Waals surface area contributed by atoms with Gasteiger partial charge < -0.3 is 19.5 Å². The van der Waals surface area contributed by atoms with Gasteiger partial charge in [-0.15, -0.1) is 0 Å². The second kappa shape index (κ2) is 9.24. The zero-order chi connectivity index (χ0) is 18.9. The fourth-order valence-corrected chi connectivity index (χ4v) is 2.28. The highest BCUT2D eigenvalue weighted by Gasteiger charge is 2.05. The summed E-state index contributed by atoms with van der Waals surface area (Å²) in [7, 11) is 0. The number of pyridine rings is 1. The van der Waals surface area contributed by atoms with E-state index in [4.69, 9.17) is 14.2 Å². The predicted molar refractivity (Wildman–Crippen MR) is 102 cm³/mol. The molecule has 2 aromatic carbocycles. The molecule has 1 amide bonds. The molecule has 0 atom stereocenters. The first-order valence-corrected chi connectivity index (χ1v) is 8.57. The number of carbonyl (C=O) groups is 1. The molecule has 0 aliphatic heterocycles. The Labute approximate surface area is 157 Å². The topological polar surface area (TPSA) is 69.7 Å². The summed E-state index contributed by atoms with van der Waals surface area (Å²) in [5, 5.41) is 2.77. The number of benzene rings is 2. The van der Waals surface area contributed by atoms with Crippen LogP contribution < -0.4 is 19.5 Å². The van der Waals surface area contributed by atoms with E-state index < -0.39 is 0 Å². The summed E-state index contributed by atoms with van der Waals surface area (Å²) in [6, 6.07) is 19.6. The van der Waals surface area contributed by atoms with Crippen LogP contribution in [0.15, 0.2) is 72.9 Å². The molecule has 0 saturated heterocycles. The van der Waals surface area contributed by atoms with Gasteiger partial charge in [0, 0.05) is 18.0 Å². The van der Waals surface area contributed by atoms with Crippen LogP contribution in [0.5, 0.6) is 23.1 Å². The Hall–Kier alpha value is -3.54. The van der Waals surface area contributed by atoms with Gasteiger partial charge in [-0.2, -0.15) is 0 Å². The van der Waals surface area contributed by atoms with E-state index in [0.717, 1.165) is 5.75 Å². The Kier molecular flexibility index (Phi) is 6.25. The number of ether oxygens (including phenoxy) is 3. The molecule has 1 N–H and O–H groups in total. The molecule has 3 rings (SSSR count). The molecule has 1 heterocycles. The van der Waals surface area contributed by atoms with Gasteiger partial charge in [-0.1, -0.05) is 6.07 Å². The van der Waals surface area contributed by atoms with Crippen LogP contribution in [0.3, 0.4) is 0 Å². The third kappa shape index (κ3) is 5.74. The zero-order valence-corrected chi connectivity index (χ0v) is 14.9. The van der Waals surface area contributed by atoms with E-state index in [1.807, 2.05) is 19.1 Å². The number of aromatic nitrogens is 1. The number of nitrogens with zero attached hydrogens (tertiary/aromatic N) is 1. The smallest absolute Gasteiger partial charge is 0.262 e. The summed E-state index contributed by atoms with van der Waals surface area (Å²) >= 11 is 0. The molecule has 0 bridgehead atoms. The number of nitrogens with one attached hydrogen (secondary N) is 1. The van der Waals surface area contributed by atoms with Crippen molar-refractivity contribution in [2.24, 2.45) is 0 Å². The third-order valence-electron chi connectivity index (χ3n) is 3.50. The zero-order valence-electron chi connectivity index (χ0n) is 14.9. The summed E-state index contributed by atoms with van der Waals surface area (Å²) in [5.74, 6) is 2.25. The second-order valence-electron chi connectivity index (χ2n) is 5.54. The van der Waals surface area contributed by atoms with Gasteiger partial charge in [0.15, 0.2) is 6.61 Å². The summed E-state index contributed by atoms with van der Waals surface area (Å²) in [4.78, 5) is 16.1. The Morgan fingerprint density at radius 2 is 1.56 bits per heavy atom. The van der Waals surface area contributed by atoms with Crippen molar-refractivity contribution in [3.63, 3.8) is 0 Å². The van der Waals surface area contributed by atoms with E-state index in [2.05, 4.69) is 10.3 Å². The van der Waals surface area contributed by atoms with Crippen LogP contribution in [0.25, 0.3) is 0 Å². The Morgan fingerprint density at radius 1 is 0.889 bits per heavy atom. The monoisotopic (exact) mass is 364 g/mol. The highest BCUT2D eigenvalue weighted by atomic mass is 16.5. The van der Waals surface area contributed by atoms with Crippen molar-refractivity contribution in [1.29, 1.82) is 0 Å². The largest absolute Gasteiger partial charge is 0.494 e. The van der Waals surface area contributed by atoms with Crippen molar-refractivity contribution >= 4 is 11.6 Å². The fourth-order valence-electron chi connectivity index (χ4n) is 2.28. The van der Waals surface area contributed by atoms with Gasteiger partial charge in [0.1, 0.15) is 17.2 Å². The molecule has 6 heteroatoms. The van der Waals surface area contributed by atoms with Crippen LogP contribution in [-0.2, 0) is 4.79 Å².